The van der Waals surface area contributed by atoms with Crippen LogP contribution < -0.4 is 4.74 Å². The average molecular weight is 402 g/mol. The van der Waals surface area contributed by atoms with E-state index in [-0.39, 0.29) is 0 Å². The van der Waals surface area contributed by atoms with E-state index in [1.807, 2.05) is 42.7 Å². The summed E-state index contributed by atoms with van der Waals surface area (Å²) in [6.45, 7) is 2.29. The van der Waals surface area contributed by atoms with Crippen molar-refractivity contribution in [1.82, 2.24) is 14.9 Å². The molecule has 2 aromatic heterocycles. The molecule has 3 heterocycles. The largest absolute Gasteiger partial charge is 0.493 e. The Balaban J connectivity index is 1.14. The lowest BCUT2D eigenvalue weighted by Gasteiger charge is -2.35. The molecule has 0 bridgehead atoms. The van der Waals surface area contributed by atoms with Crippen LogP contribution in [0.4, 0.5) is 0 Å². The van der Waals surface area contributed by atoms with E-state index in [4.69, 9.17) is 4.74 Å². The fraction of sp³-hybridized carbons (Fsp3) is 0.320. The molecule has 1 aliphatic heterocycles. The van der Waals surface area contributed by atoms with Crippen molar-refractivity contribution in [3.05, 3.63) is 72.6 Å². The summed E-state index contributed by atoms with van der Waals surface area (Å²) < 4.78 is 5.96. The number of fused-ring (bicyclic) bond motifs is 2. The summed E-state index contributed by atoms with van der Waals surface area (Å²) in [5.74, 6) is 1.37. The number of aliphatic hydroxyl groups excluding tert-OH is 1. The smallest absolute Gasteiger partial charge is 0.128 e. The van der Waals surface area contributed by atoms with Gasteiger partial charge in [-0.15, -0.1) is 0 Å². The maximum Gasteiger partial charge on any atom is 0.128 e. The molecule has 0 saturated carbocycles. The van der Waals surface area contributed by atoms with E-state index < -0.39 is 6.23 Å². The van der Waals surface area contributed by atoms with E-state index in [1.165, 1.54) is 10.9 Å². The fourth-order valence-corrected chi connectivity index (χ4v) is 4.48. The van der Waals surface area contributed by atoms with E-state index in [1.54, 1.807) is 0 Å². The zero-order valence-corrected chi connectivity index (χ0v) is 17.0. The molecule has 0 unspecified atom stereocenters. The fourth-order valence-electron chi connectivity index (χ4n) is 4.48. The van der Waals surface area contributed by atoms with Crippen LogP contribution in [0.25, 0.3) is 21.8 Å². The van der Waals surface area contributed by atoms with Crippen molar-refractivity contribution in [2.75, 3.05) is 19.7 Å². The number of para-hydroxylation sites is 1. The highest BCUT2D eigenvalue weighted by molar-refractivity contribution is 5.85. The summed E-state index contributed by atoms with van der Waals surface area (Å²) in [4.78, 5) is 9.98. The van der Waals surface area contributed by atoms with Crippen LogP contribution in [-0.2, 0) is 0 Å². The molecule has 0 spiro atoms. The van der Waals surface area contributed by atoms with Gasteiger partial charge in [0, 0.05) is 48.2 Å². The number of aromatic amines is 1. The third-order valence-electron chi connectivity index (χ3n) is 6.22. The van der Waals surface area contributed by atoms with E-state index >= 15 is 0 Å². The molecule has 2 aromatic carbocycles. The number of piperidine rings is 1. The van der Waals surface area contributed by atoms with Crippen LogP contribution >= 0.6 is 0 Å². The predicted molar refractivity (Wildman–Crippen MR) is 120 cm³/mol. The van der Waals surface area contributed by atoms with Crippen LogP contribution in [-0.4, -0.2) is 45.9 Å². The van der Waals surface area contributed by atoms with Crippen LogP contribution in [0.2, 0.25) is 0 Å². The highest BCUT2D eigenvalue weighted by Gasteiger charge is 2.25. The van der Waals surface area contributed by atoms with Crippen molar-refractivity contribution in [1.29, 1.82) is 0 Å². The first kappa shape index (κ1) is 19.1. The standard InChI is InChI=1S/C25H27N3O2/c29-25(11-15-30-24-7-3-6-23-21(24)8-12-26-23)28-13-9-18(10-14-28)20-16-19-4-1-2-5-22(19)27-17-20/h1-8,12,16-18,25-26,29H,9-11,13-15H2/t25-/m0/s1. The van der Waals surface area contributed by atoms with Gasteiger partial charge in [0.15, 0.2) is 0 Å². The summed E-state index contributed by atoms with van der Waals surface area (Å²) >= 11 is 0. The van der Waals surface area contributed by atoms with Gasteiger partial charge in [-0.1, -0.05) is 24.3 Å². The van der Waals surface area contributed by atoms with Gasteiger partial charge in [0.05, 0.1) is 12.1 Å². The van der Waals surface area contributed by atoms with Crippen LogP contribution in [0.15, 0.2) is 67.0 Å². The molecule has 0 radical (unpaired) electrons. The molecule has 1 saturated heterocycles. The molecular weight excluding hydrogens is 374 g/mol. The Morgan fingerprint density at radius 3 is 2.87 bits per heavy atom. The highest BCUT2D eigenvalue weighted by atomic mass is 16.5. The number of hydrogen-bond acceptors (Lipinski definition) is 4. The number of rotatable bonds is 6. The molecule has 2 N–H and O–H groups in total. The molecule has 5 rings (SSSR count). The quantitative estimate of drug-likeness (QED) is 0.492. The van der Waals surface area contributed by atoms with E-state index in [2.05, 4.69) is 39.1 Å². The lowest BCUT2D eigenvalue weighted by molar-refractivity contribution is -0.0234. The first-order valence-electron chi connectivity index (χ1n) is 10.7. The Morgan fingerprint density at radius 2 is 1.97 bits per heavy atom. The zero-order valence-electron chi connectivity index (χ0n) is 17.0. The molecule has 4 aromatic rings. The van der Waals surface area contributed by atoms with Gasteiger partial charge >= 0.3 is 0 Å². The van der Waals surface area contributed by atoms with Gasteiger partial charge in [0.25, 0.3) is 0 Å². The lowest BCUT2D eigenvalue weighted by atomic mass is 9.89. The number of likely N-dealkylation sites (tertiary alicyclic amines) is 1. The molecule has 0 aliphatic carbocycles. The van der Waals surface area contributed by atoms with Crippen LogP contribution in [0.5, 0.6) is 5.75 Å². The number of hydrogen-bond donors (Lipinski definition) is 2. The lowest BCUT2D eigenvalue weighted by Crippen LogP contribution is -2.41. The molecule has 30 heavy (non-hydrogen) atoms. The van der Waals surface area contributed by atoms with Gasteiger partial charge in [-0.05, 0) is 54.7 Å². The number of pyridine rings is 1. The second-order valence-corrected chi connectivity index (χ2v) is 8.08. The van der Waals surface area contributed by atoms with Gasteiger partial charge in [-0.2, -0.15) is 0 Å². The van der Waals surface area contributed by atoms with Gasteiger partial charge < -0.3 is 14.8 Å². The first-order chi connectivity index (χ1) is 14.8. The molecule has 5 heteroatoms. The number of ether oxygens (including phenoxy) is 1. The minimum Gasteiger partial charge on any atom is -0.493 e. The van der Waals surface area contributed by atoms with Crippen molar-refractivity contribution < 1.29 is 9.84 Å². The minimum atomic E-state index is -0.467. The SMILES string of the molecule is O[C@@H](CCOc1cccc2[nH]ccc12)N1CCC(c2cnc3ccccc3c2)CC1. The molecule has 154 valence electrons. The molecule has 1 atom stereocenters. The number of aliphatic hydroxyl groups is 1. The Kier molecular flexibility index (Phi) is 5.39. The predicted octanol–water partition coefficient (Wildman–Crippen LogP) is 4.68. The van der Waals surface area contributed by atoms with E-state index in [0.29, 0.717) is 18.9 Å². The highest BCUT2D eigenvalue weighted by Crippen LogP contribution is 2.30. The van der Waals surface area contributed by atoms with Crippen LogP contribution in [0, 0.1) is 0 Å². The van der Waals surface area contributed by atoms with Crippen LogP contribution in [0.3, 0.4) is 0 Å². The number of aromatic nitrogens is 2. The third kappa shape index (κ3) is 3.91. The van der Waals surface area contributed by atoms with Crippen molar-refractivity contribution in [3.8, 4) is 5.75 Å². The molecule has 1 aliphatic rings. The number of nitrogens with one attached hydrogen (secondary N) is 1. The van der Waals surface area contributed by atoms with E-state index in [9.17, 15) is 5.11 Å². The monoisotopic (exact) mass is 401 g/mol. The van der Waals surface area contributed by atoms with Gasteiger partial charge in [-0.3, -0.25) is 9.88 Å². The van der Waals surface area contributed by atoms with Crippen molar-refractivity contribution in [2.45, 2.75) is 31.4 Å². The van der Waals surface area contributed by atoms with Crippen molar-refractivity contribution in [2.24, 2.45) is 0 Å². The second kappa shape index (κ2) is 8.46. The molecule has 5 nitrogen and oxygen atoms in total. The molecule has 1 fully saturated rings. The Morgan fingerprint density at radius 1 is 1.10 bits per heavy atom. The van der Waals surface area contributed by atoms with Crippen molar-refractivity contribution >= 4 is 21.8 Å². The Hall–Kier alpha value is -2.89. The maximum absolute atomic E-state index is 10.7. The van der Waals surface area contributed by atoms with Crippen molar-refractivity contribution in [3.63, 3.8) is 0 Å². The first-order valence-corrected chi connectivity index (χ1v) is 10.7. The molecular formula is C25H27N3O2. The Bertz CT molecular complexity index is 1130. The van der Waals surface area contributed by atoms with Gasteiger partial charge in [0.1, 0.15) is 12.0 Å². The summed E-state index contributed by atoms with van der Waals surface area (Å²) in [7, 11) is 0. The molecule has 0 amide bonds. The Labute approximate surface area is 176 Å². The average Bonchev–Trinajstić information content (AvgIpc) is 3.29. The van der Waals surface area contributed by atoms with Crippen LogP contribution in [0.1, 0.15) is 30.7 Å². The normalized spacial score (nSPS) is 16.8. The third-order valence-corrected chi connectivity index (χ3v) is 6.22. The number of nitrogens with zero attached hydrogens (tertiary/aromatic N) is 2. The van der Waals surface area contributed by atoms with E-state index in [0.717, 1.165) is 48.1 Å². The number of H-pyrrole nitrogens is 1. The number of benzene rings is 2. The summed E-state index contributed by atoms with van der Waals surface area (Å²) in [6, 6.07) is 18.6. The maximum atomic E-state index is 10.7. The minimum absolute atomic E-state index is 0.467. The summed E-state index contributed by atoms with van der Waals surface area (Å²) in [5.41, 5.74) is 3.42. The van der Waals surface area contributed by atoms with Gasteiger partial charge in [0.2, 0.25) is 0 Å². The van der Waals surface area contributed by atoms with Gasteiger partial charge in [-0.25, -0.2) is 0 Å². The summed E-state index contributed by atoms with van der Waals surface area (Å²) in [6.07, 6.45) is 6.16. The topological polar surface area (TPSA) is 61.4 Å². The zero-order chi connectivity index (χ0) is 20.3. The summed E-state index contributed by atoms with van der Waals surface area (Å²) in [5, 5.41) is 12.9. The second-order valence-electron chi connectivity index (χ2n) is 8.08.